The minimum Gasteiger partial charge on any atom is -0.207 e. The molecule has 0 radical (unpaired) electrons. The molecule has 2 aromatic rings. The van der Waals surface area contributed by atoms with E-state index in [1.165, 1.54) is 12.1 Å². The normalized spacial score (nSPS) is 11.5. The minimum atomic E-state index is -4.10. The molecule has 0 N–H and O–H groups in total. The first-order valence-electron chi connectivity index (χ1n) is 4.88. The summed E-state index contributed by atoms with van der Waals surface area (Å²) >= 11 is 5.75. The van der Waals surface area contributed by atoms with Crippen LogP contribution >= 0.6 is 22.3 Å². The van der Waals surface area contributed by atoms with Crippen molar-refractivity contribution < 1.29 is 12.8 Å². The fourth-order valence-electron chi connectivity index (χ4n) is 1.51. The van der Waals surface area contributed by atoms with Crippen LogP contribution in [-0.4, -0.2) is 8.42 Å². The molecule has 0 bridgehead atoms. The van der Waals surface area contributed by atoms with E-state index in [0.29, 0.717) is 10.6 Å². The Hall–Kier alpha value is -1.10. The van der Waals surface area contributed by atoms with E-state index in [1.807, 2.05) is 0 Å². The highest BCUT2D eigenvalue weighted by Crippen LogP contribution is 2.27. The lowest BCUT2D eigenvalue weighted by atomic mass is 10.1. The van der Waals surface area contributed by atoms with E-state index >= 15 is 0 Å². The summed E-state index contributed by atoms with van der Waals surface area (Å²) < 4.78 is 35.8. The molecule has 0 unspecified atom stereocenters. The summed E-state index contributed by atoms with van der Waals surface area (Å²) in [5.41, 5.74) is 1.27. The number of rotatable bonds is 2. The van der Waals surface area contributed by atoms with E-state index < -0.39 is 19.8 Å². The Bertz CT molecular complexity index is 682. The minimum absolute atomic E-state index is 0.531. The molecule has 2 rings (SSSR count). The molecule has 0 saturated heterocycles. The molecule has 0 aliphatic carbocycles. The molecular weight excluding hydrogens is 298 g/mol. The highest BCUT2D eigenvalue weighted by Gasteiger charge is 2.16. The molecule has 2 nitrogen and oxygen atoms in total. The number of hydrogen-bond donors (Lipinski definition) is 0. The van der Waals surface area contributed by atoms with Crippen molar-refractivity contribution in [1.82, 2.24) is 0 Å². The molecule has 0 aliphatic heterocycles. The van der Waals surface area contributed by atoms with Crippen molar-refractivity contribution in [2.75, 3.05) is 0 Å². The molecule has 18 heavy (non-hydrogen) atoms. The van der Waals surface area contributed by atoms with Crippen molar-refractivity contribution in [2.45, 2.75) is 4.90 Å². The lowest BCUT2D eigenvalue weighted by Crippen LogP contribution is -1.95. The second kappa shape index (κ2) is 4.88. The zero-order valence-electron chi connectivity index (χ0n) is 8.90. The van der Waals surface area contributed by atoms with Crippen molar-refractivity contribution in [3.05, 3.63) is 53.3 Å². The predicted molar refractivity (Wildman–Crippen MR) is 69.9 cm³/mol. The molecular formula is C12H7Cl2FO2S. The van der Waals surface area contributed by atoms with E-state index in [9.17, 15) is 12.8 Å². The Labute approximate surface area is 113 Å². The van der Waals surface area contributed by atoms with Crippen LogP contribution in [0.4, 0.5) is 4.39 Å². The summed E-state index contributed by atoms with van der Waals surface area (Å²) in [5.74, 6) is -0.872. The second-order valence-corrected chi connectivity index (χ2v) is 6.56. The number of hydrogen-bond acceptors (Lipinski definition) is 2. The first-order valence-corrected chi connectivity index (χ1v) is 7.57. The predicted octanol–water partition coefficient (Wildman–Crippen LogP) is 4.07. The van der Waals surface area contributed by atoms with Crippen LogP contribution in [0.5, 0.6) is 0 Å². The molecule has 0 atom stereocenters. The summed E-state index contributed by atoms with van der Waals surface area (Å²) in [6.45, 7) is 0. The Balaban J connectivity index is 2.57. The summed E-state index contributed by atoms with van der Waals surface area (Å²) in [5, 5.41) is 0.561. The quantitative estimate of drug-likeness (QED) is 0.784. The fourth-order valence-corrected chi connectivity index (χ4v) is 2.56. The first-order chi connectivity index (χ1) is 8.38. The zero-order valence-corrected chi connectivity index (χ0v) is 11.2. The van der Waals surface area contributed by atoms with Crippen molar-refractivity contribution in [3.63, 3.8) is 0 Å². The molecule has 0 amide bonds. The van der Waals surface area contributed by atoms with E-state index in [1.54, 1.807) is 24.3 Å². The third-order valence-corrected chi connectivity index (χ3v) is 3.96. The summed E-state index contributed by atoms with van der Waals surface area (Å²) in [7, 11) is 1.06. The molecule has 0 aliphatic rings. The third kappa shape index (κ3) is 2.83. The topological polar surface area (TPSA) is 34.1 Å². The maximum Gasteiger partial charge on any atom is 0.264 e. The highest BCUT2D eigenvalue weighted by atomic mass is 35.7. The van der Waals surface area contributed by atoms with Gasteiger partial charge in [-0.3, -0.25) is 0 Å². The van der Waals surface area contributed by atoms with Gasteiger partial charge in [0.2, 0.25) is 0 Å². The van der Waals surface area contributed by atoms with Gasteiger partial charge in [0.15, 0.2) is 0 Å². The number of halogens is 3. The highest BCUT2D eigenvalue weighted by molar-refractivity contribution is 8.13. The summed E-state index contributed by atoms with van der Waals surface area (Å²) in [4.78, 5) is -0.531. The molecule has 0 heterocycles. The SMILES string of the molecule is O=S(=O)(Cl)c1cc(-c2ccc(Cl)cc2)ccc1F. The van der Waals surface area contributed by atoms with Gasteiger partial charge in [-0.05, 0) is 35.4 Å². The van der Waals surface area contributed by atoms with E-state index in [4.69, 9.17) is 22.3 Å². The van der Waals surface area contributed by atoms with Gasteiger partial charge >= 0.3 is 0 Å². The molecule has 0 spiro atoms. The maximum absolute atomic E-state index is 13.4. The van der Waals surface area contributed by atoms with Gasteiger partial charge in [0.25, 0.3) is 9.05 Å². The van der Waals surface area contributed by atoms with Crippen LogP contribution in [0.25, 0.3) is 11.1 Å². The molecule has 0 aromatic heterocycles. The van der Waals surface area contributed by atoms with Crippen LogP contribution in [0.3, 0.4) is 0 Å². The van der Waals surface area contributed by atoms with Crippen LogP contribution in [0.15, 0.2) is 47.4 Å². The fraction of sp³-hybridized carbons (Fsp3) is 0. The average molecular weight is 305 g/mol. The number of benzene rings is 2. The van der Waals surface area contributed by atoms with Gasteiger partial charge in [-0.2, -0.15) is 0 Å². The van der Waals surface area contributed by atoms with Crippen LogP contribution < -0.4 is 0 Å². The maximum atomic E-state index is 13.4. The van der Waals surface area contributed by atoms with Crippen molar-refractivity contribution in [1.29, 1.82) is 0 Å². The molecule has 2 aromatic carbocycles. The standard InChI is InChI=1S/C12H7Cl2FO2S/c13-10-4-1-8(2-5-10)9-3-6-11(15)12(7-9)18(14,16)17/h1-7H. The van der Waals surface area contributed by atoms with Crippen molar-refractivity contribution in [3.8, 4) is 11.1 Å². The summed E-state index contributed by atoms with van der Waals surface area (Å²) in [6.07, 6.45) is 0. The Morgan fingerprint density at radius 3 is 2.06 bits per heavy atom. The van der Waals surface area contributed by atoms with Crippen LogP contribution in [0.2, 0.25) is 5.02 Å². The van der Waals surface area contributed by atoms with E-state index in [2.05, 4.69) is 0 Å². The lowest BCUT2D eigenvalue weighted by molar-refractivity contribution is 0.576. The lowest BCUT2D eigenvalue weighted by Gasteiger charge is -2.05. The smallest absolute Gasteiger partial charge is 0.207 e. The van der Waals surface area contributed by atoms with Gasteiger partial charge in [0, 0.05) is 15.7 Å². The van der Waals surface area contributed by atoms with E-state index in [-0.39, 0.29) is 0 Å². The van der Waals surface area contributed by atoms with Crippen molar-refractivity contribution >= 4 is 31.3 Å². The molecule has 0 saturated carbocycles. The Morgan fingerprint density at radius 2 is 1.50 bits per heavy atom. The average Bonchev–Trinajstić information content (AvgIpc) is 2.29. The Kier molecular flexibility index (Phi) is 3.61. The van der Waals surface area contributed by atoms with Gasteiger partial charge in [0.1, 0.15) is 10.7 Å². The van der Waals surface area contributed by atoms with Crippen molar-refractivity contribution in [2.24, 2.45) is 0 Å². The van der Waals surface area contributed by atoms with E-state index in [0.717, 1.165) is 11.6 Å². The van der Waals surface area contributed by atoms with Gasteiger partial charge in [-0.25, -0.2) is 12.8 Å². The molecule has 94 valence electrons. The first kappa shape index (κ1) is 13.3. The molecule has 6 heteroatoms. The van der Waals surface area contributed by atoms with Crippen LogP contribution in [0, 0.1) is 5.82 Å². The van der Waals surface area contributed by atoms with Gasteiger partial charge < -0.3 is 0 Å². The third-order valence-electron chi connectivity index (χ3n) is 2.37. The molecule has 0 fully saturated rings. The largest absolute Gasteiger partial charge is 0.264 e. The Morgan fingerprint density at radius 1 is 0.944 bits per heavy atom. The van der Waals surface area contributed by atoms with Gasteiger partial charge in [-0.15, -0.1) is 0 Å². The van der Waals surface area contributed by atoms with Gasteiger partial charge in [0.05, 0.1) is 0 Å². The summed E-state index contributed by atoms with van der Waals surface area (Å²) in [6, 6.07) is 10.5. The zero-order chi connectivity index (χ0) is 13.3. The van der Waals surface area contributed by atoms with Crippen LogP contribution in [0.1, 0.15) is 0 Å². The monoisotopic (exact) mass is 304 g/mol. The second-order valence-electron chi connectivity index (χ2n) is 3.59. The van der Waals surface area contributed by atoms with Gasteiger partial charge in [-0.1, -0.05) is 29.8 Å². The van der Waals surface area contributed by atoms with Crippen LogP contribution in [-0.2, 0) is 9.05 Å².